The van der Waals surface area contributed by atoms with Gasteiger partial charge >= 0.3 is 6.09 Å². The van der Waals surface area contributed by atoms with Crippen LogP contribution in [-0.4, -0.2) is 11.2 Å². The molecule has 0 aliphatic heterocycles. The lowest BCUT2D eigenvalue weighted by Crippen LogP contribution is -2.40. The number of carboxylic acid groups (broad SMARTS) is 1. The molecule has 0 saturated carbocycles. The Morgan fingerprint density at radius 3 is 2.67 bits per heavy atom. The Bertz CT molecular complexity index is 802. The molecule has 3 rings (SSSR count). The van der Waals surface area contributed by atoms with Crippen molar-refractivity contribution in [3.8, 4) is 11.1 Å². The molecule has 1 atom stereocenters. The molecule has 5 heteroatoms. The van der Waals surface area contributed by atoms with Gasteiger partial charge in [-0.2, -0.15) is 0 Å². The van der Waals surface area contributed by atoms with Gasteiger partial charge in [-0.3, -0.25) is 0 Å². The predicted molar refractivity (Wildman–Crippen MR) is 97.9 cm³/mol. The van der Waals surface area contributed by atoms with Crippen molar-refractivity contribution in [2.75, 3.05) is 0 Å². The highest BCUT2D eigenvalue weighted by Gasteiger charge is 2.37. The second-order valence-corrected chi connectivity index (χ2v) is 7.75. The van der Waals surface area contributed by atoms with E-state index in [1.165, 1.54) is 0 Å². The molecule has 1 aliphatic rings. The zero-order valence-corrected chi connectivity index (χ0v) is 15.1. The number of nitrogens with one attached hydrogen (secondary N) is 1. The molecule has 2 N–H and O–H groups in total. The molecule has 0 heterocycles. The average molecular weight is 364 g/mol. The normalized spacial score (nSPS) is 18.8. The molecular formula is C19H19Cl2NO2. The zero-order valence-electron chi connectivity index (χ0n) is 13.6. The maximum absolute atomic E-state index is 11.2. The summed E-state index contributed by atoms with van der Waals surface area (Å²) in [7, 11) is 0. The van der Waals surface area contributed by atoms with E-state index in [0.29, 0.717) is 10.0 Å². The van der Waals surface area contributed by atoms with Crippen molar-refractivity contribution in [3.63, 3.8) is 0 Å². The van der Waals surface area contributed by atoms with E-state index in [4.69, 9.17) is 23.2 Å². The molecular weight excluding hydrogens is 345 g/mol. The van der Waals surface area contributed by atoms with Gasteiger partial charge in [0, 0.05) is 15.6 Å². The zero-order chi connectivity index (χ0) is 17.5. The molecule has 1 amide bonds. The summed E-state index contributed by atoms with van der Waals surface area (Å²) in [5.74, 6) is 0. The quantitative estimate of drug-likeness (QED) is 0.693. The molecule has 0 bridgehead atoms. The fourth-order valence-corrected chi connectivity index (χ4v) is 3.81. The first-order valence-corrected chi connectivity index (χ1v) is 8.61. The first-order chi connectivity index (χ1) is 11.3. The van der Waals surface area contributed by atoms with Crippen LogP contribution in [0.4, 0.5) is 4.79 Å². The van der Waals surface area contributed by atoms with Crippen molar-refractivity contribution in [1.82, 2.24) is 5.32 Å². The van der Waals surface area contributed by atoms with Gasteiger partial charge in [0.1, 0.15) is 0 Å². The van der Waals surface area contributed by atoms with E-state index in [1.54, 1.807) is 12.1 Å². The minimum absolute atomic E-state index is 0.124. The van der Waals surface area contributed by atoms with Crippen LogP contribution >= 0.6 is 23.2 Å². The molecule has 3 nitrogen and oxygen atoms in total. The van der Waals surface area contributed by atoms with Gasteiger partial charge in [0.05, 0.1) is 6.04 Å². The lowest BCUT2D eigenvalue weighted by molar-refractivity contribution is 0.161. The number of hydrogen-bond donors (Lipinski definition) is 2. The van der Waals surface area contributed by atoms with Gasteiger partial charge < -0.3 is 10.4 Å². The molecule has 126 valence electrons. The largest absolute Gasteiger partial charge is 0.465 e. The lowest BCUT2D eigenvalue weighted by atomic mass is 9.70. The van der Waals surface area contributed by atoms with Crippen molar-refractivity contribution in [2.45, 2.75) is 32.7 Å². The molecule has 2 aromatic rings. The molecule has 1 unspecified atom stereocenters. The fourth-order valence-electron chi connectivity index (χ4n) is 3.41. The molecule has 0 spiro atoms. The first-order valence-electron chi connectivity index (χ1n) is 7.85. The van der Waals surface area contributed by atoms with E-state index in [1.807, 2.05) is 18.2 Å². The maximum atomic E-state index is 11.2. The van der Waals surface area contributed by atoms with Crippen LogP contribution in [0.3, 0.4) is 0 Å². The molecule has 0 aromatic heterocycles. The van der Waals surface area contributed by atoms with Crippen molar-refractivity contribution < 1.29 is 9.90 Å². The van der Waals surface area contributed by atoms with Crippen LogP contribution in [0.25, 0.3) is 11.1 Å². The van der Waals surface area contributed by atoms with Gasteiger partial charge in [0.2, 0.25) is 0 Å². The predicted octanol–water partition coefficient (Wildman–Crippen LogP) is 5.94. The van der Waals surface area contributed by atoms with Crippen LogP contribution < -0.4 is 5.32 Å². The van der Waals surface area contributed by atoms with E-state index in [0.717, 1.165) is 35.1 Å². The Hall–Kier alpha value is -1.71. The SMILES string of the molecule is CC1(C)CCc2cc(-c3cc(Cl)ccc3Cl)ccc2C1NC(=O)O. The van der Waals surface area contributed by atoms with E-state index in [-0.39, 0.29) is 11.5 Å². The van der Waals surface area contributed by atoms with E-state index >= 15 is 0 Å². The highest BCUT2D eigenvalue weighted by molar-refractivity contribution is 6.35. The van der Waals surface area contributed by atoms with Gasteiger partial charge in [-0.1, -0.05) is 55.2 Å². The number of aryl methyl sites for hydroxylation is 1. The molecule has 0 radical (unpaired) electrons. The molecule has 0 fully saturated rings. The summed E-state index contributed by atoms with van der Waals surface area (Å²) in [6, 6.07) is 11.3. The summed E-state index contributed by atoms with van der Waals surface area (Å²) in [4.78, 5) is 11.2. The first kappa shape index (κ1) is 17.1. The topological polar surface area (TPSA) is 49.3 Å². The second-order valence-electron chi connectivity index (χ2n) is 6.91. The van der Waals surface area contributed by atoms with Crippen LogP contribution in [0.2, 0.25) is 10.0 Å². The molecule has 0 saturated heterocycles. The molecule has 1 aliphatic carbocycles. The van der Waals surface area contributed by atoms with Gasteiger partial charge in [-0.25, -0.2) is 4.79 Å². The van der Waals surface area contributed by atoms with Gasteiger partial charge in [0.15, 0.2) is 0 Å². The summed E-state index contributed by atoms with van der Waals surface area (Å²) >= 11 is 12.4. The van der Waals surface area contributed by atoms with Crippen LogP contribution in [0.15, 0.2) is 36.4 Å². The standard InChI is InChI=1S/C19H19Cl2NO2/c1-19(2)8-7-12-9-11(15-10-13(20)4-6-16(15)21)3-5-14(12)17(19)22-18(23)24/h3-6,9-10,17,22H,7-8H2,1-2H3,(H,23,24). The van der Waals surface area contributed by atoms with Crippen molar-refractivity contribution >= 4 is 29.3 Å². The Labute approximate surface area is 151 Å². The van der Waals surface area contributed by atoms with Crippen molar-refractivity contribution in [1.29, 1.82) is 0 Å². The Morgan fingerprint density at radius 1 is 1.21 bits per heavy atom. The van der Waals surface area contributed by atoms with Crippen LogP contribution in [-0.2, 0) is 6.42 Å². The highest BCUT2D eigenvalue weighted by atomic mass is 35.5. The maximum Gasteiger partial charge on any atom is 0.405 e. The van der Waals surface area contributed by atoms with Crippen LogP contribution in [0.1, 0.15) is 37.4 Å². The minimum Gasteiger partial charge on any atom is -0.465 e. The fraction of sp³-hybridized carbons (Fsp3) is 0.316. The second kappa shape index (κ2) is 6.30. The minimum atomic E-state index is -0.997. The van der Waals surface area contributed by atoms with E-state index in [2.05, 4.69) is 25.2 Å². The number of carbonyl (C=O) groups is 1. The van der Waals surface area contributed by atoms with E-state index in [9.17, 15) is 9.90 Å². The number of amides is 1. The number of rotatable bonds is 2. The summed E-state index contributed by atoms with van der Waals surface area (Å²) in [6.45, 7) is 4.19. The third-order valence-electron chi connectivity index (χ3n) is 4.78. The average Bonchev–Trinajstić information content (AvgIpc) is 2.52. The third kappa shape index (κ3) is 3.24. The van der Waals surface area contributed by atoms with Crippen molar-refractivity contribution in [3.05, 3.63) is 57.6 Å². The number of halogens is 2. The van der Waals surface area contributed by atoms with Gasteiger partial charge in [-0.15, -0.1) is 0 Å². The summed E-state index contributed by atoms with van der Waals surface area (Å²) in [5, 5.41) is 13.1. The monoisotopic (exact) mass is 363 g/mol. The number of benzene rings is 2. The van der Waals surface area contributed by atoms with E-state index < -0.39 is 6.09 Å². The molecule has 2 aromatic carbocycles. The third-order valence-corrected chi connectivity index (χ3v) is 5.35. The Balaban J connectivity index is 2.06. The highest BCUT2D eigenvalue weighted by Crippen LogP contribution is 2.44. The van der Waals surface area contributed by atoms with Gasteiger partial charge in [0.25, 0.3) is 0 Å². The van der Waals surface area contributed by atoms with Crippen molar-refractivity contribution in [2.24, 2.45) is 5.41 Å². The van der Waals surface area contributed by atoms with Crippen LogP contribution in [0.5, 0.6) is 0 Å². The van der Waals surface area contributed by atoms with Crippen LogP contribution in [0, 0.1) is 5.41 Å². The summed E-state index contributed by atoms with van der Waals surface area (Å²) in [5.41, 5.74) is 3.95. The smallest absolute Gasteiger partial charge is 0.405 e. The van der Waals surface area contributed by atoms with Gasteiger partial charge in [-0.05, 0) is 53.1 Å². The lowest BCUT2D eigenvalue weighted by Gasteiger charge is -2.40. The number of fused-ring (bicyclic) bond motifs is 1. The summed E-state index contributed by atoms with van der Waals surface area (Å²) in [6.07, 6.45) is 0.826. The molecule has 24 heavy (non-hydrogen) atoms. The number of hydrogen-bond acceptors (Lipinski definition) is 1. The summed E-state index contributed by atoms with van der Waals surface area (Å²) < 4.78 is 0. The Morgan fingerprint density at radius 2 is 1.96 bits per heavy atom. The Kier molecular flexibility index (Phi) is 4.50.